The number of hydrogen-bond donors (Lipinski definition) is 0. The molecule has 1 fully saturated rings. The number of piperazine rings is 1. The highest BCUT2D eigenvalue weighted by Crippen LogP contribution is 2.32. The minimum absolute atomic E-state index is 1.04. The lowest BCUT2D eigenvalue weighted by Crippen LogP contribution is -2.46. The fourth-order valence-corrected chi connectivity index (χ4v) is 4.68. The SMILES string of the molecule is CSc1c(CN2CCN(c3ccccc3)CC2)c2ccccc2n1C. The number of thioether (sulfide) groups is 1. The summed E-state index contributed by atoms with van der Waals surface area (Å²) in [4.78, 5) is 5.09. The van der Waals surface area contributed by atoms with Crippen LogP contribution in [0.4, 0.5) is 5.69 Å². The van der Waals surface area contributed by atoms with Crippen molar-refractivity contribution >= 4 is 28.4 Å². The lowest BCUT2D eigenvalue weighted by molar-refractivity contribution is 0.248. The van der Waals surface area contributed by atoms with Crippen LogP contribution in [0, 0.1) is 0 Å². The van der Waals surface area contributed by atoms with Gasteiger partial charge in [0.05, 0.1) is 5.03 Å². The molecule has 0 atom stereocenters. The van der Waals surface area contributed by atoms with Gasteiger partial charge in [0.25, 0.3) is 0 Å². The van der Waals surface area contributed by atoms with Crippen molar-refractivity contribution in [2.75, 3.05) is 37.3 Å². The molecule has 1 aliphatic heterocycles. The summed E-state index contributed by atoms with van der Waals surface area (Å²) >= 11 is 1.86. The van der Waals surface area contributed by atoms with Gasteiger partial charge in [-0.3, -0.25) is 4.90 Å². The summed E-state index contributed by atoms with van der Waals surface area (Å²) in [6.07, 6.45) is 2.19. The van der Waals surface area contributed by atoms with Crippen LogP contribution in [0.5, 0.6) is 0 Å². The van der Waals surface area contributed by atoms with Crippen molar-refractivity contribution in [3.8, 4) is 0 Å². The predicted molar refractivity (Wildman–Crippen MR) is 109 cm³/mol. The molecule has 0 radical (unpaired) electrons. The third-order valence-electron chi connectivity index (χ3n) is 5.22. The normalized spacial score (nSPS) is 15.8. The zero-order chi connectivity index (χ0) is 17.2. The number of hydrogen-bond acceptors (Lipinski definition) is 3. The third kappa shape index (κ3) is 3.16. The average Bonchev–Trinajstić information content (AvgIpc) is 2.95. The van der Waals surface area contributed by atoms with Crippen LogP contribution in [-0.2, 0) is 13.6 Å². The Morgan fingerprint density at radius 1 is 0.880 bits per heavy atom. The maximum absolute atomic E-state index is 2.60. The van der Waals surface area contributed by atoms with Crippen LogP contribution in [0.15, 0.2) is 59.6 Å². The summed E-state index contributed by atoms with van der Waals surface area (Å²) in [5, 5.41) is 2.80. The van der Waals surface area contributed by atoms with Crippen LogP contribution < -0.4 is 4.90 Å². The predicted octanol–water partition coefficient (Wildman–Crippen LogP) is 4.22. The fraction of sp³-hybridized carbons (Fsp3) is 0.333. The minimum atomic E-state index is 1.04. The van der Waals surface area contributed by atoms with Gasteiger partial charge in [0.15, 0.2) is 0 Å². The Hall–Kier alpha value is -1.91. The number of fused-ring (bicyclic) bond motifs is 1. The Morgan fingerprint density at radius 2 is 1.56 bits per heavy atom. The van der Waals surface area contributed by atoms with Gasteiger partial charge in [-0.15, -0.1) is 11.8 Å². The van der Waals surface area contributed by atoms with Crippen molar-refractivity contribution in [3.05, 3.63) is 60.2 Å². The number of rotatable bonds is 4. The lowest BCUT2D eigenvalue weighted by atomic mass is 10.1. The van der Waals surface area contributed by atoms with E-state index in [-0.39, 0.29) is 0 Å². The Kier molecular flexibility index (Phi) is 4.73. The second-order valence-corrected chi connectivity index (χ2v) is 7.46. The quantitative estimate of drug-likeness (QED) is 0.653. The number of aryl methyl sites for hydroxylation is 1. The summed E-state index contributed by atoms with van der Waals surface area (Å²) in [6.45, 7) is 5.48. The molecular weight excluding hydrogens is 326 g/mol. The largest absolute Gasteiger partial charge is 0.369 e. The molecule has 1 aromatic heterocycles. The summed E-state index contributed by atoms with van der Waals surface area (Å²) in [5.41, 5.74) is 4.17. The van der Waals surface area contributed by atoms with E-state index in [0.29, 0.717) is 0 Å². The average molecular weight is 352 g/mol. The molecule has 4 heteroatoms. The van der Waals surface area contributed by atoms with E-state index in [9.17, 15) is 0 Å². The molecule has 0 bridgehead atoms. The van der Waals surface area contributed by atoms with Gasteiger partial charge < -0.3 is 9.47 Å². The van der Waals surface area contributed by atoms with Crippen LogP contribution in [0.2, 0.25) is 0 Å². The Morgan fingerprint density at radius 3 is 2.28 bits per heavy atom. The molecule has 0 saturated carbocycles. The molecule has 1 aliphatic rings. The van der Waals surface area contributed by atoms with E-state index >= 15 is 0 Å². The van der Waals surface area contributed by atoms with Crippen molar-refractivity contribution in [1.82, 2.24) is 9.47 Å². The molecular formula is C21H25N3S. The lowest BCUT2D eigenvalue weighted by Gasteiger charge is -2.36. The number of nitrogens with zero attached hydrogens (tertiary/aromatic N) is 3. The molecule has 1 saturated heterocycles. The van der Waals surface area contributed by atoms with Crippen molar-refractivity contribution in [3.63, 3.8) is 0 Å². The van der Waals surface area contributed by atoms with Gasteiger partial charge in [0, 0.05) is 61.9 Å². The third-order valence-corrected chi connectivity index (χ3v) is 6.13. The summed E-state index contributed by atoms with van der Waals surface area (Å²) in [7, 11) is 2.19. The Bertz CT molecular complexity index is 848. The highest BCUT2D eigenvalue weighted by molar-refractivity contribution is 7.98. The fourth-order valence-electron chi connectivity index (χ4n) is 3.89. The van der Waals surface area contributed by atoms with Gasteiger partial charge >= 0.3 is 0 Å². The maximum atomic E-state index is 2.60. The van der Waals surface area contributed by atoms with Crippen LogP contribution in [0.1, 0.15) is 5.56 Å². The van der Waals surface area contributed by atoms with Crippen LogP contribution in [0.3, 0.4) is 0 Å². The molecule has 0 spiro atoms. The van der Waals surface area contributed by atoms with E-state index in [1.165, 1.54) is 27.2 Å². The monoisotopic (exact) mass is 351 g/mol. The minimum Gasteiger partial charge on any atom is -0.369 e. The van der Waals surface area contributed by atoms with Gasteiger partial charge in [-0.2, -0.15) is 0 Å². The van der Waals surface area contributed by atoms with Crippen molar-refractivity contribution in [2.24, 2.45) is 7.05 Å². The zero-order valence-corrected chi connectivity index (χ0v) is 15.8. The van der Waals surface area contributed by atoms with Crippen molar-refractivity contribution < 1.29 is 0 Å². The second kappa shape index (κ2) is 7.14. The Labute approximate surface area is 154 Å². The van der Waals surface area contributed by atoms with Crippen molar-refractivity contribution in [1.29, 1.82) is 0 Å². The summed E-state index contributed by atoms with van der Waals surface area (Å²) in [6, 6.07) is 19.6. The molecule has 4 rings (SSSR count). The van der Waals surface area contributed by atoms with Gasteiger partial charge in [-0.1, -0.05) is 36.4 Å². The summed E-state index contributed by atoms with van der Waals surface area (Å²) in [5.74, 6) is 0. The number of anilines is 1. The van der Waals surface area contributed by atoms with E-state index in [1.807, 2.05) is 11.8 Å². The molecule has 0 unspecified atom stereocenters. The summed E-state index contributed by atoms with van der Waals surface area (Å²) < 4.78 is 2.34. The van der Waals surface area contributed by atoms with E-state index < -0.39 is 0 Å². The first-order valence-electron chi connectivity index (χ1n) is 8.90. The van der Waals surface area contributed by atoms with Gasteiger partial charge in [0.1, 0.15) is 0 Å². The molecule has 3 nitrogen and oxygen atoms in total. The molecule has 0 N–H and O–H groups in total. The smallest absolute Gasteiger partial charge is 0.0799 e. The van der Waals surface area contributed by atoms with E-state index in [4.69, 9.17) is 0 Å². The number of benzene rings is 2. The van der Waals surface area contributed by atoms with Gasteiger partial charge in [0.2, 0.25) is 0 Å². The molecule has 0 aliphatic carbocycles. The molecule has 25 heavy (non-hydrogen) atoms. The number of aromatic nitrogens is 1. The first-order chi connectivity index (χ1) is 12.3. The first-order valence-corrected chi connectivity index (χ1v) is 10.1. The number of para-hydroxylation sites is 2. The van der Waals surface area contributed by atoms with E-state index in [1.54, 1.807) is 0 Å². The topological polar surface area (TPSA) is 11.4 Å². The van der Waals surface area contributed by atoms with E-state index in [0.717, 1.165) is 32.7 Å². The Balaban J connectivity index is 1.52. The second-order valence-electron chi connectivity index (χ2n) is 6.66. The molecule has 0 amide bonds. The molecule has 130 valence electrons. The maximum Gasteiger partial charge on any atom is 0.0799 e. The van der Waals surface area contributed by atoms with Gasteiger partial charge in [-0.05, 0) is 24.5 Å². The molecule has 2 heterocycles. The highest BCUT2D eigenvalue weighted by atomic mass is 32.2. The van der Waals surface area contributed by atoms with Gasteiger partial charge in [-0.25, -0.2) is 0 Å². The highest BCUT2D eigenvalue weighted by Gasteiger charge is 2.21. The first kappa shape index (κ1) is 16.6. The van der Waals surface area contributed by atoms with Crippen LogP contribution in [0.25, 0.3) is 10.9 Å². The zero-order valence-electron chi connectivity index (χ0n) is 15.0. The van der Waals surface area contributed by atoms with E-state index in [2.05, 4.69) is 82.3 Å². The van der Waals surface area contributed by atoms with Crippen LogP contribution >= 0.6 is 11.8 Å². The molecule has 2 aromatic carbocycles. The van der Waals surface area contributed by atoms with Crippen LogP contribution in [-0.4, -0.2) is 41.9 Å². The standard InChI is InChI=1S/C21H25N3S/c1-22-20-11-7-6-10-18(20)19(21(22)25-2)16-23-12-14-24(15-13-23)17-8-4-3-5-9-17/h3-11H,12-16H2,1-2H3. The van der Waals surface area contributed by atoms with Crippen molar-refractivity contribution in [2.45, 2.75) is 11.6 Å². The molecule has 3 aromatic rings.